The molecular formula is C12H16ClNO. The highest BCUT2D eigenvalue weighted by atomic mass is 35.5. The molecule has 15 heavy (non-hydrogen) atoms. The molecule has 1 aliphatic rings. The Labute approximate surface area is 95.3 Å². The highest BCUT2D eigenvalue weighted by Gasteiger charge is 2.09. The first-order valence-corrected chi connectivity index (χ1v) is 5.82. The number of rotatable bonds is 4. The number of nitrogens with one attached hydrogen (secondary N) is 1. The van der Waals surface area contributed by atoms with Gasteiger partial charge in [-0.1, -0.05) is 12.2 Å². The maximum absolute atomic E-state index is 5.68. The van der Waals surface area contributed by atoms with Crippen LogP contribution >= 0.6 is 11.6 Å². The van der Waals surface area contributed by atoms with E-state index in [4.69, 9.17) is 16.0 Å². The topological polar surface area (TPSA) is 25.2 Å². The third-order valence-electron chi connectivity index (χ3n) is 2.74. The summed E-state index contributed by atoms with van der Waals surface area (Å²) in [6.45, 7) is 1.83. The smallest absolute Gasteiger partial charge is 0.193 e. The zero-order chi connectivity index (χ0) is 10.5. The quantitative estimate of drug-likeness (QED) is 0.795. The number of furan rings is 1. The normalized spacial score (nSPS) is 20.7. The Morgan fingerprint density at radius 3 is 3.00 bits per heavy atom. The molecule has 1 aromatic rings. The molecule has 0 aromatic carbocycles. The molecule has 0 spiro atoms. The van der Waals surface area contributed by atoms with Gasteiger partial charge in [0.1, 0.15) is 5.76 Å². The molecule has 1 N–H and O–H groups in total. The van der Waals surface area contributed by atoms with Gasteiger partial charge in [0, 0.05) is 0 Å². The van der Waals surface area contributed by atoms with Crippen molar-refractivity contribution in [3.05, 3.63) is 35.3 Å². The molecule has 2 rings (SSSR count). The number of halogens is 1. The summed E-state index contributed by atoms with van der Waals surface area (Å²) in [6.07, 6.45) is 8.26. The molecule has 0 radical (unpaired) electrons. The van der Waals surface area contributed by atoms with Crippen LogP contribution in [0.25, 0.3) is 0 Å². The molecular weight excluding hydrogens is 210 g/mol. The van der Waals surface area contributed by atoms with Gasteiger partial charge in [0.15, 0.2) is 5.22 Å². The fourth-order valence-corrected chi connectivity index (χ4v) is 2.05. The molecule has 1 aliphatic carbocycles. The lowest BCUT2D eigenvalue weighted by Crippen LogP contribution is -2.22. The Bertz CT molecular complexity index is 332. The lowest BCUT2D eigenvalue weighted by atomic mass is 9.94. The van der Waals surface area contributed by atoms with Crippen LogP contribution in [0.4, 0.5) is 0 Å². The van der Waals surface area contributed by atoms with Gasteiger partial charge in [0.25, 0.3) is 0 Å². The molecule has 1 aromatic heterocycles. The van der Waals surface area contributed by atoms with Gasteiger partial charge >= 0.3 is 0 Å². The zero-order valence-corrected chi connectivity index (χ0v) is 9.46. The lowest BCUT2D eigenvalue weighted by molar-refractivity contribution is 0.417. The summed E-state index contributed by atoms with van der Waals surface area (Å²) in [5.74, 6) is 1.69. The first-order valence-electron chi connectivity index (χ1n) is 5.44. The van der Waals surface area contributed by atoms with E-state index in [9.17, 15) is 0 Å². The highest BCUT2D eigenvalue weighted by Crippen LogP contribution is 2.17. The zero-order valence-electron chi connectivity index (χ0n) is 8.71. The highest BCUT2D eigenvalue weighted by molar-refractivity contribution is 6.28. The van der Waals surface area contributed by atoms with Crippen molar-refractivity contribution < 1.29 is 4.42 Å². The van der Waals surface area contributed by atoms with Gasteiger partial charge in [-0.3, -0.25) is 0 Å². The molecule has 0 saturated carbocycles. The summed E-state index contributed by atoms with van der Waals surface area (Å²) in [5.41, 5.74) is 0. The van der Waals surface area contributed by atoms with Crippen molar-refractivity contribution in [1.82, 2.24) is 5.32 Å². The van der Waals surface area contributed by atoms with E-state index in [1.165, 1.54) is 19.3 Å². The summed E-state index contributed by atoms with van der Waals surface area (Å²) in [7, 11) is 0. The van der Waals surface area contributed by atoms with E-state index in [0.29, 0.717) is 5.22 Å². The molecule has 1 atom stereocenters. The van der Waals surface area contributed by atoms with Gasteiger partial charge in [0.05, 0.1) is 6.54 Å². The summed E-state index contributed by atoms with van der Waals surface area (Å²) in [5, 5.41) is 3.86. The molecule has 0 aliphatic heterocycles. The van der Waals surface area contributed by atoms with E-state index in [-0.39, 0.29) is 0 Å². The van der Waals surface area contributed by atoms with E-state index in [1.54, 1.807) is 6.07 Å². The molecule has 0 amide bonds. The third-order valence-corrected chi connectivity index (χ3v) is 2.94. The SMILES string of the molecule is Clc1ccc(CNCC2CC=CCC2)o1. The molecule has 82 valence electrons. The van der Waals surface area contributed by atoms with Crippen LogP contribution in [0, 0.1) is 5.92 Å². The van der Waals surface area contributed by atoms with E-state index >= 15 is 0 Å². The minimum absolute atomic E-state index is 0.465. The minimum atomic E-state index is 0.465. The number of hydrogen-bond acceptors (Lipinski definition) is 2. The summed E-state index contributed by atoms with van der Waals surface area (Å²) < 4.78 is 5.26. The summed E-state index contributed by atoms with van der Waals surface area (Å²) in [6, 6.07) is 3.69. The molecule has 2 nitrogen and oxygen atoms in total. The van der Waals surface area contributed by atoms with E-state index in [0.717, 1.165) is 24.8 Å². The number of allylic oxidation sites excluding steroid dienone is 2. The predicted molar refractivity (Wildman–Crippen MR) is 61.9 cm³/mol. The van der Waals surface area contributed by atoms with Crippen LogP contribution in [0.5, 0.6) is 0 Å². The molecule has 0 fully saturated rings. The standard InChI is InChI=1S/C12H16ClNO/c13-12-7-6-11(15-12)9-14-8-10-4-2-1-3-5-10/h1-2,6-7,10,14H,3-5,8-9H2. The Kier molecular flexibility index (Phi) is 3.87. The van der Waals surface area contributed by atoms with Gasteiger partial charge in [-0.15, -0.1) is 0 Å². The van der Waals surface area contributed by atoms with Gasteiger partial charge < -0.3 is 9.73 Å². The number of hydrogen-bond donors (Lipinski definition) is 1. The fraction of sp³-hybridized carbons (Fsp3) is 0.500. The van der Waals surface area contributed by atoms with E-state index in [1.807, 2.05) is 6.07 Å². The second-order valence-electron chi connectivity index (χ2n) is 3.99. The van der Waals surface area contributed by atoms with Crippen LogP contribution in [0.15, 0.2) is 28.7 Å². The fourth-order valence-electron chi connectivity index (χ4n) is 1.89. The van der Waals surface area contributed by atoms with E-state index in [2.05, 4.69) is 17.5 Å². The third kappa shape index (κ3) is 3.40. The second-order valence-corrected chi connectivity index (χ2v) is 4.36. The Hall–Kier alpha value is -0.730. The monoisotopic (exact) mass is 225 g/mol. The Morgan fingerprint density at radius 2 is 2.33 bits per heavy atom. The van der Waals surface area contributed by atoms with Crippen LogP contribution in [0.1, 0.15) is 25.0 Å². The Balaban J connectivity index is 1.68. The first-order chi connectivity index (χ1) is 7.34. The largest absolute Gasteiger partial charge is 0.448 e. The second kappa shape index (κ2) is 5.38. The van der Waals surface area contributed by atoms with Crippen molar-refractivity contribution in [2.45, 2.75) is 25.8 Å². The van der Waals surface area contributed by atoms with Crippen molar-refractivity contribution >= 4 is 11.6 Å². The van der Waals surface area contributed by atoms with Crippen LogP contribution in [-0.4, -0.2) is 6.54 Å². The van der Waals surface area contributed by atoms with Gasteiger partial charge in [0.2, 0.25) is 0 Å². The Morgan fingerprint density at radius 1 is 1.40 bits per heavy atom. The lowest BCUT2D eigenvalue weighted by Gasteiger charge is -2.17. The van der Waals surface area contributed by atoms with E-state index < -0.39 is 0 Å². The molecule has 1 heterocycles. The average Bonchev–Trinajstić information content (AvgIpc) is 2.66. The van der Waals surface area contributed by atoms with Gasteiger partial charge in [-0.2, -0.15) is 0 Å². The van der Waals surface area contributed by atoms with Crippen LogP contribution in [0.2, 0.25) is 5.22 Å². The van der Waals surface area contributed by atoms with Crippen LogP contribution in [-0.2, 0) is 6.54 Å². The van der Waals surface area contributed by atoms with Crippen molar-refractivity contribution in [3.8, 4) is 0 Å². The average molecular weight is 226 g/mol. The molecule has 0 saturated heterocycles. The van der Waals surface area contributed by atoms with Crippen LogP contribution < -0.4 is 5.32 Å². The van der Waals surface area contributed by atoms with Crippen molar-refractivity contribution in [3.63, 3.8) is 0 Å². The van der Waals surface area contributed by atoms with Crippen LogP contribution in [0.3, 0.4) is 0 Å². The molecule has 3 heteroatoms. The predicted octanol–water partition coefficient (Wildman–Crippen LogP) is 3.38. The van der Waals surface area contributed by atoms with Gasteiger partial charge in [-0.25, -0.2) is 0 Å². The van der Waals surface area contributed by atoms with Crippen molar-refractivity contribution in [2.75, 3.05) is 6.54 Å². The first kappa shape index (κ1) is 10.8. The summed E-state index contributed by atoms with van der Waals surface area (Å²) >= 11 is 5.68. The van der Waals surface area contributed by atoms with Gasteiger partial charge in [-0.05, 0) is 55.5 Å². The van der Waals surface area contributed by atoms with Crippen molar-refractivity contribution in [2.24, 2.45) is 5.92 Å². The molecule has 0 bridgehead atoms. The maximum Gasteiger partial charge on any atom is 0.193 e. The maximum atomic E-state index is 5.68. The summed E-state index contributed by atoms with van der Waals surface area (Å²) in [4.78, 5) is 0. The van der Waals surface area contributed by atoms with Crippen molar-refractivity contribution in [1.29, 1.82) is 0 Å². The minimum Gasteiger partial charge on any atom is -0.448 e. The molecule has 1 unspecified atom stereocenters.